The van der Waals surface area contributed by atoms with Crippen molar-refractivity contribution in [1.29, 1.82) is 0 Å². The molecule has 0 bridgehead atoms. The van der Waals surface area contributed by atoms with Crippen LogP contribution in [0.1, 0.15) is 33.8 Å². The van der Waals surface area contributed by atoms with Crippen molar-refractivity contribution < 1.29 is 18.9 Å². The molecule has 0 aliphatic carbocycles. The quantitative estimate of drug-likeness (QED) is 0.683. The molecule has 0 aliphatic heterocycles. The summed E-state index contributed by atoms with van der Waals surface area (Å²) >= 11 is 0. The van der Waals surface area contributed by atoms with Gasteiger partial charge in [0.15, 0.2) is 0 Å². The Labute approximate surface area is 137 Å². The SMILES string of the molecule is Cc1ccc([C@@H](N[C@@H](c2ccc(C)cc2)[P+](=O)O)[P+](=O)O)cc1. The zero-order valence-corrected chi connectivity index (χ0v) is 14.7. The first-order valence-electron chi connectivity index (χ1n) is 7.08. The van der Waals surface area contributed by atoms with Crippen LogP contribution in [0.2, 0.25) is 0 Å². The molecule has 2 aromatic carbocycles. The smallest absolute Gasteiger partial charge is 0.216 e. The lowest BCUT2D eigenvalue weighted by Crippen LogP contribution is -2.22. The van der Waals surface area contributed by atoms with Gasteiger partial charge in [-0.2, -0.15) is 9.79 Å². The van der Waals surface area contributed by atoms with Crippen LogP contribution in [-0.4, -0.2) is 9.79 Å². The molecule has 2 unspecified atom stereocenters. The van der Waals surface area contributed by atoms with Crippen molar-refractivity contribution in [3.8, 4) is 0 Å². The van der Waals surface area contributed by atoms with Gasteiger partial charge in [-0.15, -0.1) is 0 Å². The number of rotatable bonds is 6. The molecule has 23 heavy (non-hydrogen) atoms. The molecule has 0 saturated carbocycles. The first kappa shape index (κ1) is 17.9. The largest absolute Gasteiger partial charge is 0.529 e. The van der Waals surface area contributed by atoms with E-state index in [1.54, 1.807) is 24.3 Å². The number of hydrogen-bond acceptors (Lipinski definition) is 3. The molecule has 0 saturated heterocycles. The molecule has 2 rings (SSSR count). The van der Waals surface area contributed by atoms with Crippen molar-refractivity contribution in [2.45, 2.75) is 25.4 Å². The summed E-state index contributed by atoms with van der Waals surface area (Å²) < 4.78 is 23.5. The third-order valence-corrected chi connectivity index (χ3v) is 5.32. The van der Waals surface area contributed by atoms with Gasteiger partial charge in [-0.05, 0) is 23.0 Å². The number of hydrogen-bond donors (Lipinski definition) is 3. The zero-order valence-electron chi connectivity index (χ0n) is 12.9. The Morgan fingerprint density at radius 2 is 1.04 bits per heavy atom. The standard InChI is InChI=1S/C16H17NO4P2/c1-11-3-7-13(8-4-11)15(22(18)19)17-16(23(20)21)14-9-5-12(2)6-10-14/h3-10,15-17H,1-2H3/p+2/t15-,16+. The summed E-state index contributed by atoms with van der Waals surface area (Å²) in [4.78, 5) is 19.3. The normalized spacial score (nSPS) is 15.0. The molecule has 0 fully saturated rings. The topological polar surface area (TPSA) is 86.6 Å². The average Bonchev–Trinajstić information content (AvgIpc) is 2.50. The zero-order chi connectivity index (χ0) is 17.0. The van der Waals surface area contributed by atoms with E-state index >= 15 is 0 Å². The predicted molar refractivity (Wildman–Crippen MR) is 90.6 cm³/mol. The van der Waals surface area contributed by atoms with Crippen molar-refractivity contribution in [1.82, 2.24) is 5.32 Å². The molecule has 0 heterocycles. The van der Waals surface area contributed by atoms with Gasteiger partial charge in [-0.25, -0.2) is 5.32 Å². The molecule has 0 radical (unpaired) electrons. The fourth-order valence-corrected chi connectivity index (χ4v) is 3.75. The maximum atomic E-state index is 11.7. The molecule has 0 amide bonds. The second-order valence-electron chi connectivity index (χ2n) is 5.40. The Hall–Kier alpha value is -1.48. The third kappa shape index (κ3) is 4.74. The minimum Gasteiger partial charge on any atom is -0.216 e. The van der Waals surface area contributed by atoms with Crippen LogP contribution in [0.4, 0.5) is 0 Å². The van der Waals surface area contributed by atoms with Crippen LogP contribution in [0.25, 0.3) is 0 Å². The van der Waals surface area contributed by atoms with Gasteiger partial charge in [0, 0.05) is 11.1 Å². The first-order valence-corrected chi connectivity index (χ1v) is 9.64. The minimum absolute atomic E-state index is 0.605. The molecule has 3 N–H and O–H groups in total. The van der Waals surface area contributed by atoms with Crippen LogP contribution in [0, 0.1) is 13.8 Å². The fraction of sp³-hybridized carbons (Fsp3) is 0.250. The van der Waals surface area contributed by atoms with Crippen molar-refractivity contribution in [2.24, 2.45) is 0 Å². The molecule has 7 heteroatoms. The summed E-state index contributed by atoms with van der Waals surface area (Å²) in [5, 5.41) is 2.86. The van der Waals surface area contributed by atoms with Crippen molar-refractivity contribution in [3.05, 3.63) is 70.8 Å². The van der Waals surface area contributed by atoms with Crippen LogP contribution >= 0.6 is 16.1 Å². The number of benzene rings is 2. The van der Waals surface area contributed by atoms with Crippen LogP contribution < -0.4 is 5.32 Å². The molecule has 4 atom stereocenters. The lowest BCUT2D eigenvalue weighted by molar-refractivity contribution is 0.450. The first-order chi connectivity index (χ1) is 10.9. The lowest BCUT2D eigenvalue weighted by Gasteiger charge is -2.11. The highest BCUT2D eigenvalue weighted by Gasteiger charge is 2.41. The summed E-state index contributed by atoms with van der Waals surface area (Å²) in [6.07, 6.45) is 0. The van der Waals surface area contributed by atoms with Crippen LogP contribution in [-0.2, 0) is 9.13 Å². The summed E-state index contributed by atoms with van der Waals surface area (Å²) in [6.45, 7) is 3.84. The third-order valence-electron chi connectivity index (χ3n) is 3.54. The fourth-order valence-electron chi connectivity index (χ4n) is 2.22. The summed E-state index contributed by atoms with van der Waals surface area (Å²) in [6, 6.07) is 14.3. The van der Waals surface area contributed by atoms with Crippen LogP contribution in [0.5, 0.6) is 0 Å². The maximum Gasteiger partial charge on any atom is 0.529 e. The van der Waals surface area contributed by atoms with Gasteiger partial charge in [0.25, 0.3) is 11.6 Å². The van der Waals surface area contributed by atoms with E-state index < -0.39 is 27.6 Å². The number of aryl methyl sites for hydroxylation is 2. The van der Waals surface area contributed by atoms with Gasteiger partial charge in [0.2, 0.25) is 0 Å². The molecule has 2 aromatic rings. The van der Waals surface area contributed by atoms with Gasteiger partial charge in [-0.1, -0.05) is 59.7 Å². The van der Waals surface area contributed by atoms with E-state index in [0.29, 0.717) is 11.1 Å². The van der Waals surface area contributed by atoms with E-state index in [1.165, 1.54) is 0 Å². The van der Waals surface area contributed by atoms with E-state index in [9.17, 15) is 18.9 Å². The van der Waals surface area contributed by atoms with Crippen LogP contribution in [0.3, 0.4) is 0 Å². The Kier molecular flexibility index (Phi) is 6.11. The number of nitrogens with one attached hydrogen (secondary N) is 1. The minimum atomic E-state index is -2.60. The second kappa shape index (κ2) is 7.87. The van der Waals surface area contributed by atoms with Gasteiger partial charge < -0.3 is 0 Å². The molecule has 0 aromatic heterocycles. The van der Waals surface area contributed by atoms with E-state index in [4.69, 9.17) is 0 Å². The highest BCUT2D eigenvalue weighted by atomic mass is 31.1. The van der Waals surface area contributed by atoms with E-state index in [-0.39, 0.29) is 0 Å². The van der Waals surface area contributed by atoms with E-state index in [2.05, 4.69) is 5.32 Å². The summed E-state index contributed by atoms with van der Waals surface area (Å²) in [5.74, 6) is -1.83. The van der Waals surface area contributed by atoms with Gasteiger partial charge in [0.05, 0.1) is 0 Å². The monoisotopic (exact) mass is 351 g/mol. The van der Waals surface area contributed by atoms with Crippen LogP contribution in [0.15, 0.2) is 48.5 Å². The summed E-state index contributed by atoms with van der Waals surface area (Å²) in [7, 11) is -5.21. The molecule has 120 valence electrons. The molecule has 0 aliphatic rings. The molecule has 5 nitrogen and oxygen atoms in total. The summed E-state index contributed by atoms with van der Waals surface area (Å²) in [5.41, 5.74) is 3.27. The highest BCUT2D eigenvalue weighted by Crippen LogP contribution is 2.43. The van der Waals surface area contributed by atoms with E-state index in [0.717, 1.165) is 11.1 Å². The highest BCUT2D eigenvalue weighted by molar-refractivity contribution is 7.39. The van der Waals surface area contributed by atoms with Crippen molar-refractivity contribution >= 4 is 16.1 Å². The Morgan fingerprint density at radius 3 is 1.30 bits per heavy atom. The van der Waals surface area contributed by atoms with Crippen molar-refractivity contribution in [2.75, 3.05) is 0 Å². The van der Waals surface area contributed by atoms with Gasteiger partial charge in [-0.3, -0.25) is 0 Å². The molecular formula is C16H19NO4P2+2. The van der Waals surface area contributed by atoms with Gasteiger partial charge in [0.1, 0.15) is 0 Å². The van der Waals surface area contributed by atoms with Gasteiger partial charge >= 0.3 is 16.1 Å². The average molecular weight is 351 g/mol. The van der Waals surface area contributed by atoms with Crippen molar-refractivity contribution in [3.63, 3.8) is 0 Å². The predicted octanol–water partition coefficient (Wildman–Crippen LogP) is 4.06. The maximum absolute atomic E-state index is 11.7. The molecule has 0 spiro atoms. The second-order valence-corrected chi connectivity index (χ2v) is 7.64. The van der Waals surface area contributed by atoms with E-state index in [1.807, 2.05) is 38.1 Å². The Balaban J connectivity index is 2.31. The molecular weight excluding hydrogens is 332 g/mol. The Morgan fingerprint density at radius 1 is 0.739 bits per heavy atom. The lowest BCUT2D eigenvalue weighted by atomic mass is 10.1. The Bertz CT molecular complexity index is 640.